The predicted octanol–water partition coefficient (Wildman–Crippen LogP) is 5.47. The highest BCUT2D eigenvalue weighted by Gasteiger charge is 2.30. The SMILES string of the molecule is Cc1ccc2c(N3C(=O)CCC3C)cccc2c1Oc1ncccc1-c1ccnc(NC2CCCNC2)n1. The molecule has 2 aromatic heterocycles. The van der Waals surface area contributed by atoms with E-state index in [1.165, 1.54) is 0 Å². The molecule has 4 aromatic rings. The summed E-state index contributed by atoms with van der Waals surface area (Å²) in [6.07, 6.45) is 7.16. The third-order valence-corrected chi connectivity index (χ3v) is 7.46. The van der Waals surface area contributed by atoms with Crippen molar-refractivity contribution in [1.29, 1.82) is 0 Å². The Bertz CT molecular complexity index is 1480. The number of anilines is 2. The van der Waals surface area contributed by atoms with E-state index in [-0.39, 0.29) is 11.9 Å². The number of nitrogens with one attached hydrogen (secondary N) is 2. The second-order valence-electron chi connectivity index (χ2n) is 10.1. The van der Waals surface area contributed by atoms with Gasteiger partial charge in [0.2, 0.25) is 17.7 Å². The molecule has 38 heavy (non-hydrogen) atoms. The number of carbonyl (C=O) groups is 1. The zero-order valence-corrected chi connectivity index (χ0v) is 21.8. The van der Waals surface area contributed by atoms with Gasteiger partial charge in [0.05, 0.1) is 16.9 Å². The maximum absolute atomic E-state index is 12.7. The van der Waals surface area contributed by atoms with Gasteiger partial charge < -0.3 is 20.3 Å². The van der Waals surface area contributed by atoms with Gasteiger partial charge >= 0.3 is 0 Å². The number of aryl methyl sites for hydroxylation is 1. The van der Waals surface area contributed by atoms with Crippen LogP contribution in [0.3, 0.4) is 0 Å². The zero-order valence-electron chi connectivity index (χ0n) is 21.8. The van der Waals surface area contributed by atoms with Crippen LogP contribution < -0.4 is 20.3 Å². The van der Waals surface area contributed by atoms with Crippen LogP contribution in [0.2, 0.25) is 0 Å². The maximum Gasteiger partial charge on any atom is 0.228 e. The molecule has 2 aliphatic rings. The number of rotatable bonds is 6. The number of nitrogens with zero attached hydrogens (tertiary/aromatic N) is 4. The molecule has 8 nitrogen and oxygen atoms in total. The Kier molecular flexibility index (Phi) is 6.64. The summed E-state index contributed by atoms with van der Waals surface area (Å²) in [6.45, 7) is 6.08. The number of ether oxygens (including phenoxy) is 1. The summed E-state index contributed by atoms with van der Waals surface area (Å²) < 4.78 is 6.56. The Morgan fingerprint density at radius 1 is 1.03 bits per heavy atom. The second-order valence-corrected chi connectivity index (χ2v) is 10.1. The largest absolute Gasteiger partial charge is 0.437 e. The minimum Gasteiger partial charge on any atom is -0.437 e. The van der Waals surface area contributed by atoms with Crippen molar-refractivity contribution in [1.82, 2.24) is 20.3 Å². The molecule has 2 aromatic carbocycles. The number of piperidine rings is 1. The normalized spacial score (nSPS) is 19.6. The monoisotopic (exact) mass is 508 g/mol. The van der Waals surface area contributed by atoms with Gasteiger partial charge in [-0.1, -0.05) is 24.3 Å². The fourth-order valence-electron chi connectivity index (χ4n) is 5.47. The third-order valence-electron chi connectivity index (χ3n) is 7.46. The lowest BCUT2D eigenvalue weighted by Gasteiger charge is -2.24. The zero-order chi connectivity index (χ0) is 26.1. The van der Waals surface area contributed by atoms with E-state index in [2.05, 4.69) is 33.6 Å². The molecule has 2 saturated heterocycles. The van der Waals surface area contributed by atoms with Crippen molar-refractivity contribution in [2.24, 2.45) is 0 Å². The standard InChI is InChI=1S/C30H32N6O2/c1-19-10-12-22-23(7-3-9-26(22)36-20(2)11-13-27(36)37)28(19)38-29-24(8-5-16-32-29)25-14-17-33-30(35-25)34-21-6-4-15-31-18-21/h3,5,7-10,12,14,16-17,20-21,31H,4,6,11,13,15,18H2,1-2H3,(H,33,34,35). The van der Waals surface area contributed by atoms with E-state index < -0.39 is 0 Å². The van der Waals surface area contributed by atoms with E-state index in [0.29, 0.717) is 24.3 Å². The fraction of sp³-hybridized carbons (Fsp3) is 0.333. The number of aromatic nitrogens is 3. The Morgan fingerprint density at radius 3 is 2.76 bits per heavy atom. The van der Waals surface area contributed by atoms with Gasteiger partial charge in [-0.25, -0.2) is 15.0 Å². The van der Waals surface area contributed by atoms with Gasteiger partial charge in [0, 0.05) is 48.2 Å². The molecule has 194 valence electrons. The molecule has 1 amide bonds. The van der Waals surface area contributed by atoms with Gasteiger partial charge in [0.1, 0.15) is 5.75 Å². The molecule has 2 unspecified atom stereocenters. The van der Waals surface area contributed by atoms with E-state index in [9.17, 15) is 4.79 Å². The van der Waals surface area contributed by atoms with Crippen molar-refractivity contribution in [3.63, 3.8) is 0 Å². The molecular weight excluding hydrogens is 476 g/mol. The van der Waals surface area contributed by atoms with Crippen LogP contribution >= 0.6 is 0 Å². The highest BCUT2D eigenvalue weighted by Crippen LogP contribution is 2.41. The summed E-state index contributed by atoms with van der Waals surface area (Å²) in [6, 6.07) is 16.4. The lowest BCUT2D eigenvalue weighted by molar-refractivity contribution is -0.117. The lowest BCUT2D eigenvalue weighted by Crippen LogP contribution is -2.38. The van der Waals surface area contributed by atoms with Gasteiger partial charge in [-0.3, -0.25) is 4.79 Å². The third kappa shape index (κ3) is 4.67. The van der Waals surface area contributed by atoms with Crippen molar-refractivity contribution >= 4 is 28.3 Å². The molecule has 4 heterocycles. The van der Waals surface area contributed by atoms with Crippen molar-refractivity contribution in [2.45, 2.75) is 51.6 Å². The first-order chi connectivity index (χ1) is 18.6. The van der Waals surface area contributed by atoms with Crippen LogP contribution in [0.15, 0.2) is 60.9 Å². The lowest BCUT2D eigenvalue weighted by atomic mass is 10.0. The van der Waals surface area contributed by atoms with E-state index in [1.54, 1.807) is 12.4 Å². The van der Waals surface area contributed by atoms with E-state index in [1.807, 2.05) is 54.3 Å². The number of fused-ring (bicyclic) bond motifs is 1. The number of pyridine rings is 1. The Labute approximate surface area is 222 Å². The molecule has 2 atom stereocenters. The molecule has 0 radical (unpaired) electrons. The fourth-order valence-corrected chi connectivity index (χ4v) is 5.47. The van der Waals surface area contributed by atoms with Crippen LogP contribution in [0.1, 0.15) is 38.2 Å². The van der Waals surface area contributed by atoms with Crippen molar-refractivity contribution in [2.75, 3.05) is 23.3 Å². The maximum atomic E-state index is 12.7. The predicted molar refractivity (Wildman–Crippen MR) is 150 cm³/mol. The van der Waals surface area contributed by atoms with Crippen molar-refractivity contribution in [3.8, 4) is 22.9 Å². The smallest absolute Gasteiger partial charge is 0.228 e. The molecule has 0 saturated carbocycles. The Balaban J connectivity index is 1.36. The minimum atomic E-state index is 0.164. The average Bonchev–Trinajstić information content (AvgIpc) is 3.28. The number of hydrogen-bond acceptors (Lipinski definition) is 7. The highest BCUT2D eigenvalue weighted by molar-refractivity contribution is 6.07. The molecule has 2 fully saturated rings. The topological polar surface area (TPSA) is 92.3 Å². The molecule has 0 aliphatic carbocycles. The summed E-state index contributed by atoms with van der Waals surface area (Å²) in [5.41, 5.74) is 3.44. The number of amides is 1. The van der Waals surface area contributed by atoms with Crippen LogP contribution in [0.4, 0.5) is 11.6 Å². The Hall–Kier alpha value is -4.04. The highest BCUT2D eigenvalue weighted by atomic mass is 16.5. The van der Waals surface area contributed by atoms with E-state index in [4.69, 9.17) is 9.72 Å². The quantitative estimate of drug-likeness (QED) is 0.357. The summed E-state index contributed by atoms with van der Waals surface area (Å²) in [5, 5.41) is 8.80. The van der Waals surface area contributed by atoms with Crippen LogP contribution in [-0.2, 0) is 4.79 Å². The van der Waals surface area contributed by atoms with E-state index >= 15 is 0 Å². The van der Waals surface area contributed by atoms with Gasteiger partial charge in [-0.15, -0.1) is 0 Å². The molecule has 6 rings (SSSR count). The summed E-state index contributed by atoms with van der Waals surface area (Å²) in [7, 11) is 0. The average molecular weight is 509 g/mol. The minimum absolute atomic E-state index is 0.164. The Morgan fingerprint density at radius 2 is 1.95 bits per heavy atom. The number of benzene rings is 2. The summed E-state index contributed by atoms with van der Waals surface area (Å²) in [5.74, 6) is 1.96. The number of hydrogen-bond donors (Lipinski definition) is 2. The second kappa shape index (κ2) is 10.4. The van der Waals surface area contributed by atoms with Crippen LogP contribution in [0.5, 0.6) is 11.6 Å². The summed E-state index contributed by atoms with van der Waals surface area (Å²) >= 11 is 0. The van der Waals surface area contributed by atoms with Crippen LogP contribution in [0, 0.1) is 6.92 Å². The van der Waals surface area contributed by atoms with Crippen LogP contribution in [-0.4, -0.2) is 46.0 Å². The van der Waals surface area contributed by atoms with Gasteiger partial charge in [0.25, 0.3) is 0 Å². The van der Waals surface area contributed by atoms with Crippen molar-refractivity contribution in [3.05, 3.63) is 66.5 Å². The van der Waals surface area contributed by atoms with E-state index in [0.717, 1.165) is 71.4 Å². The first kappa shape index (κ1) is 24.3. The molecule has 0 spiro atoms. The molecule has 0 bridgehead atoms. The molecule has 2 N–H and O–H groups in total. The molecule has 8 heteroatoms. The first-order valence-electron chi connectivity index (χ1n) is 13.4. The van der Waals surface area contributed by atoms with Crippen molar-refractivity contribution < 1.29 is 9.53 Å². The van der Waals surface area contributed by atoms with Gasteiger partial charge in [-0.2, -0.15) is 0 Å². The molecule has 2 aliphatic heterocycles. The van der Waals surface area contributed by atoms with Gasteiger partial charge in [0.15, 0.2) is 0 Å². The van der Waals surface area contributed by atoms with Crippen LogP contribution in [0.25, 0.3) is 22.0 Å². The number of carbonyl (C=O) groups excluding carboxylic acids is 1. The van der Waals surface area contributed by atoms with Gasteiger partial charge in [-0.05, 0) is 69.5 Å². The molecular formula is C30H32N6O2. The first-order valence-corrected chi connectivity index (χ1v) is 13.4. The summed E-state index contributed by atoms with van der Waals surface area (Å²) in [4.78, 5) is 28.4.